The van der Waals surface area contributed by atoms with Gasteiger partial charge in [0.25, 0.3) is 0 Å². The lowest BCUT2D eigenvalue weighted by Gasteiger charge is -2.09. The van der Waals surface area contributed by atoms with E-state index in [-0.39, 0.29) is 10.9 Å². The van der Waals surface area contributed by atoms with Gasteiger partial charge in [-0.2, -0.15) is 13.2 Å². The fraction of sp³-hybridized carbons (Fsp3) is 0.100. The van der Waals surface area contributed by atoms with Crippen LogP contribution in [-0.4, -0.2) is 4.98 Å². The second kappa shape index (κ2) is 3.33. The summed E-state index contributed by atoms with van der Waals surface area (Å²) >= 11 is 0. The number of H-pyrrole nitrogens is 1. The van der Waals surface area contributed by atoms with E-state index in [2.05, 4.69) is 4.98 Å². The minimum Gasteiger partial charge on any atom is -0.322 e. The quantitative estimate of drug-likeness (QED) is 0.694. The Morgan fingerprint density at radius 3 is 2.44 bits per heavy atom. The van der Waals surface area contributed by atoms with Crippen LogP contribution in [0.25, 0.3) is 10.9 Å². The highest BCUT2D eigenvalue weighted by molar-refractivity contribution is 5.82. The molecule has 0 aliphatic heterocycles. The average Bonchev–Trinajstić information content (AvgIpc) is 2.14. The lowest BCUT2D eigenvalue weighted by molar-refractivity contribution is -0.136. The van der Waals surface area contributed by atoms with Crippen LogP contribution in [0.5, 0.6) is 0 Å². The highest BCUT2D eigenvalue weighted by atomic mass is 19.4. The molecule has 0 saturated carbocycles. The largest absolute Gasteiger partial charge is 0.417 e. The second-order valence-corrected chi connectivity index (χ2v) is 3.23. The lowest BCUT2D eigenvalue weighted by atomic mass is 10.1. The first-order valence-electron chi connectivity index (χ1n) is 4.28. The van der Waals surface area contributed by atoms with Crippen LogP contribution < -0.4 is 5.56 Å². The lowest BCUT2D eigenvalue weighted by Crippen LogP contribution is -2.13. The van der Waals surface area contributed by atoms with Crippen LogP contribution in [-0.2, 0) is 6.18 Å². The molecule has 1 N–H and O–H groups in total. The summed E-state index contributed by atoms with van der Waals surface area (Å²) in [6.45, 7) is 0. The van der Waals surface area contributed by atoms with E-state index >= 15 is 0 Å². The van der Waals surface area contributed by atoms with Crippen molar-refractivity contribution in [2.75, 3.05) is 0 Å². The van der Waals surface area contributed by atoms with Gasteiger partial charge in [-0.3, -0.25) is 4.79 Å². The van der Waals surface area contributed by atoms with Gasteiger partial charge in [-0.05, 0) is 18.2 Å². The Morgan fingerprint density at radius 2 is 1.81 bits per heavy atom. The minimum atomic E-state index is -4.63. The molecule has 0 aliphatic rings. The molecule has 2 rings (SSSR count). The Bertz CT molecular complexity index is 600. The first kappa shape index (κ1) is 10.7. The summed E-state index contributed by atoms with van der Waals surface area (Å²) in [5.74, 6) is -0.706. The summed E-state index contributed by atoms with van der Waals surface area (Å²) in [5, 5.41) is -0.228. The van der Waals surface area contributed by atoms with E-state index in [1.165, 1.54) is 0 Å². The van der Waals surface area contributed by atoms with Crippen LogP contribution >= 0.6 is 0 Å². The molecule has 1 aromatic heterocycles. The molecular weight excluding hydrogens is 226 g/mol. The van der Waals surface area contributed by atoms with Crippen molar-refractivity contribution in [3.05, 3.63) is 46.0 Å². The predicted molar refractivity (Wildman–Crippen MR) is 49.5 cm³/mol. The highest BCUT2D eigenvalue weighted by Crippen LogP contribution is 2.33. The molecule has 0 amide bonds. The number of rotatable bonds is 0. The Hall–Kier alpha value is -1.85. The number of nitrogens with one attached hydrogen (secondary N) is 1. The van der Waals surface area contributed by atoms with Crippen LogP contribution in [0.4, 0.5) is 17.6 Å². The number of halogens is 4. The highest BCUT2D eigenvalue weighted by Gasteiger charge is 2.33. The maximum atomic E-state index is 12.8. The number of alkyl halides is 3. The molecule has 0 atom stereocenters. The van der Waals surface area contributed by atoms with Gasteiger partial charge < -0.3 is 4.98 Å². The molecule has 84 valence electrons. The molecule has 1 heterocycles. The van der Waals surface area contributed by atoms with E-state index in [4.69, 9.17) is 0 Å². The summed E-state index contributed by atoms with van der Waals surface area (Å²) in [4.78, 5) is 13.1. The minimum absolute atomic E-state index is 0.167. The van der Waals surface area contributed by atoms with Crippen molar-refractivity contribution in [3.63, 3.8) is 0 Å². The van der Waals surface area contributed by atoms with Gasteiger partial charge in [-0.15, -0.1) is 0 Å². The van der Waals surface area contributed by atoms with Crippen molar-refractivity contribution < 1.29 is 17.6 Å². The van der Waals surface area contributed by atoms with Crippen molar-refractivity contribution in [2.24, 2.45) is 0 Å². The molecule has 0 bridgehead atoms. The molecule has 16 heavy (non-hydrogen) atoms. The Morgan fingerprint density at radius 1 is 1.12 bits per heavy atom. The molecule has 1 aromatic carbocycles. The molecule has 0 radical (unpaired) electrons. The zero-order valence-electron chi connectivity index (χ0n) is 7.73. The SMILES string of the molecule is O=c1cc(C(F)(F)F)c2ccc(F)cc2[nH]1. The third kappa shape index (κ3) is 1.78. The number of aromatic nitrogens is 1. The molecule has 0 spiro atoms. The summed E-state index contributed by atoms with van der Waals surface area (Å²) in [5.41, 5.74) is -2.14. The fourth-order valence-electron chi connectivity index (χ4n) is 1.47. The standard InChI is InChI=1S/C10H5F4NO/c11-5-1-2-6-7(10(12,13)14)4-9(16)15-8(6)3-5/h1-4H,(H,15,16). The number of hydrogen-bond donors (Lipinski definition) is 1. The zero-order chi connectivity index (χ0) is 11.9. The van der Waals surface area contributed by atoms with Crippen molar-refractivity contribution in [2.45, 2.75) is 6.18 Å². The molecule has 0 unspecified atom stereocenters. The van der Waals surface area contributed by atoms with Gasteiger partial charge >= 0.3 is 6.18 Å². The maximum Gasteiger partial charge on any atom is 0.417 e. The van der Waals surface area contributed by atoms with Crippen LogP contribution in [0.15, 0.2) is 29.1 Å². The predicted octanol–water partition coefficient (Wildman–Crippen LogP) is 2.69. The number of hydrogen-bond acceptors (Lipinski definition) is 1. The third-order valence-electron chi connectivity index (χ3n) is 2.11. The molecule has 0 aliphatic carbocycles. The fourth-order valence-corrected chi connectivity index (χ4v) is 1.47. The van der Waals surface area contributed by atoms with Gasteiger partial charge in [0.05, 0.1) is 11.1 Å². The topological polar surface area (TPSA) is 32.9 Å². The van der Waals surface area contributed by atoms with Crippen molar-refractivity contribution >= 4 is 10.9 Å². The van der Waals surface area contributed by atoms with Crippen LogP contribution in [0.2, 0.25) is 0 Å². The van der Waals surface area contributed by atoms with E-state index in [1.54, 1.807) is 0 Å². The molecule has 0 fully saturated rings. The number of benzene rings is 1. The van der Waals surface area contributed by atoms with E-state index in [0.29, 0.717) is 6.07 Å². The van der Waals surface area contributed by atoms with E-state index in [1.807, 2.05) is 0 Å². The van der Waals surface area contributed by atoms with Gasteiger partial charge in [0.15, 0.2) is 0 Å². The van der Waals surface area contributed by atoms with Crippen LogP contribution in [0, 0.1) is 5.82 Å². The summed E-state index contributed by atoms with van der Waals surface area (Å²) in [6.07, 6.45) is -4.63. The van der Waals surface area contributed by atoms with Gasteiger partial charge in [0.1, 0.15) is 5.82 Å². The van der Waals surface area contributed by atoms with Crippen molar-refractivity contribution in [3.8, 4) is 0 Å². The average molecular weight is 231 g/mol. The Balaban J connectivity index is 2.89. The van der Waals surface area contributed by atoms with E-state index in [9.17, 15) is 22.4 Å². The maximum absolute atomic E-state index is 12.8. The van der Waals surface area contributed by atoms with Gasteiger partial charge in [0, 0.05) is 11.5 Å². The van der Waals surface area contributed by atoms with Gasteiger partial charge in [0.2, 0.25) is 5.56 Å². The van der Waals surface area contributed by atoms with Crippen LogP contribution in [0.1, 0.15) is 5.56 Å². The Kier molecular flexibility index (Phi) is 2.22. The first-order chi connectivity index (χ1) is 7.38. The number of fused-ring (bicyclic) bond motifs is 1. The molecular formula is C10H5F4NO. The van der Waals surface area contributed by atoms with Gasteiger partial charge in [-0.25, -0.2) is 4.39 Å². The molecule has 2 aromatic rings. The molecule has 0 saturated heterocycles. The van der Waals surface area contributed by atoms with Crippen LogP contribution in [0.3, 0.4) is 0 Å². The Labute approximate surface area is 86.5 Å². The van der Waals surface area contributed by atoms with Gasteiger partial charge in [-0.1, -0.05) is 0 Å². The zero-order valence-corrected chi connectivity index (χ0v) is 7.73. The third-order valence-corrected chi connectivity index (χ3v) is 2.11. The second-order valence-electron chi connectivity index (χ2n) is 3.23. The summed E-state index contributed by atoms with van der Waals surface area (Å²) in [7, 11) is 0. The number of aromatic amines is 1. The van der Waals surface area contributed by atoms with Crippen molar-refractivity contribution in [1.29, 1.82) is 0 Å². The normalized spacial score (nSPS) is 12.0. The summed E-state index contributed by atoms with van der Waals surface area (Å²) in [6, 6.07) is 3.21. The van der Waals surface area contributed by atoms with E-state index in [0.717, 1.165) is 18.2 Å². The first-order valence-corrected chi connectivity index (χ1v) is 4.28. The smallest absolute Gasteiger partial charge is 0.322 e. The molecule has 2 nitrogen and oxygen atoms in total. The summed E-state index contributed by atoms with van der Waals surface area (Å²) < 4.78 is 50.4. The van der Waals surface area contributed by atoms with Crippen molar-refractivity contribution in [1.82, 2.24) is 4.98 Å². The number of pyridine rings is 1. The van der Waals surface area contributed by atoms with E-state index < -0.39 is 23.1 Å². The molecule has 6 heteroatoms. The monoisotopic (exact) mass is 231 g/mol.